The number of rotatable bonds is 5. The molecule has 0 aliphatic rings. The fourth-order valence-electron chi connectivity index (χ4n) is 2.09. The van der Waals surface area contributed by atoms with Gasteiger partial charge in [0.05, 0.1) is 0 Å². The van der Waals surface area contributed by atoms with E-state index in [4.69, 9.17) is 0 Å². The molecule has 0 saturated heterocycles. The van der Waals surface area contributed by atoms with Crippen molar-refractivity contribution in [1.29, 1.82) is 0 Å². The molecule has 1 heterocycles. The molecule has 1 N–H and O–H groups in total. The highest BCUT2D eigenvalue weighted by atomic mass is 15.2. The Balaban J connectivity index is 2.24. The van der Waals surface area contributed by atoms with Crippen LogP contribution in [0.1, 0.15) is 19.4 Å². The van der Waals surface area contributed by atoms with Gasteiger partial charge in [0, 0.05) is 37.6 Å². The monoisotopic (exact) mass is 255 g/mol. The van der Waals surface area contributed by atoms with Crippen molar-refractivity contribution in [2.45, 2.75) is 26.4 Å². The second-order valence-corrected chi connectivity index (χ2v) is 4.86. The summed E-state index contributed by atoms with van der Waals surface area (Å²) in [5, 5.41) is 3.09. The quantitative estimate of drug-likeness (QED) is 0.885. The summed E-state index contributed by atoms with van der Waals surface area (Å²) < 4.78 is 0. The zero-order valence-corrected chi connectivity index (χ0v) is 11.8. The van der Waals surface area contributed by atoms with Gasteiger partial charge in [-0.15, -0.1) is 0 Å². The van der Waals surface area contributed by atoms with E-state index >= 15 is 0 Å². The number of benzene rings is 1. The van der Waals surface area contributed by atoms with E-state index in [0.29, 0.717) is 6.04 Å². The van der Waals surface area contributed by atoms with Crippen LogP contribution in [0.2, 0.25) is 0 Å². The fourth-order valence-corrected chi connectivity index (χ4v) is 2.09. The van der Waals surface area contributed by atoms with Crippen LogP contribution in [0.3, 0.4) is 0 Å². The van der Waals surface area contributed by atoms with E-state index in [0.717, 1.165) is 12.4 Å². The molecule has 0 amide bonds. The zero-order chi connectivity index (χ0) is 13.7. The van der Waals surface area contributed by atoms with Gasteiger partial charge < -0.3 is 10.2 Å². The Labute approximate surface area is 115 Å². The van der Waals surface area contributed by atoms with Crippen molar-refractivity contribution in [3.8, 4) is 0 Å². The van der Waals surface area contributed by atoms with Crippen LogP contribution in [0.25, 0.3) is 0 Å². The number of pyridine rings is 1. The van der Waals surface area contributed by atoms with Gasteiger partial charge in [0.2, 0.25) is 0 Å². The predicted octanol–water partition coefficient (Wildman–Crippen LogP) is 3.54. The van der Waals surface area contributed by atoms with Crippen LogP contribution in [0.4, 0.5) is 11.5 Å². The van der Waals surface area contributed by atoms with Crippen LogP contribution >= 0.6 is 0 Å². The molecule has 2 rings (SSSR count). The topological polar surface area (TPSA) is 28.2 Å². The van der Waals surface area contributed by atoms with Crippen molar-refractivity contribution < 1.29 is 0 Å². The predicted molar refractivity (Wildman–Crippen MR) is 81.5 cm³/mol. The van der Waals surface area contributed by atoms with Gasteiger partial charge in [-0.05, 0) is 25.5 Å². The number of hydrogen-bond acceptors (Lipinski definition) is 3. The molecule has 3 heteroatoms. The van der Waals surface area contributed by atoms with Gasteiger partial charge in [-0.25, -0.2) is 4.98 Å². The van der Waals surface area contributed by atoms with Crippen molar-refractivity contribution in [1.82, 2.24) is 4.98 Å². The third-order valence-electron chi connectivity index (χ3n) is 3.15. The first kappa shape index (κ1) is 13.4. The van der Waals surface area contributed by atoms with Crippen LogP contribution in [-0.2, 0) is 6.54 Å². The molecule has 0 saturated carbocycles. The van der Waals surface area contributed by atoms with Crippen molar-refractivity contribution in [2.24, 2.45) is 0 Å². The average Bonchev–Trinajstić information content (AvgIpc) is 2.45. The summed E-state index contributed by atoms with van der Waals surface area (Å²) >= 11 is 0. The molecule has 2 aromatic rings. The van der Waals surface area contributed by atoms with Gasteiger partial charge in [0.15, 0.2) is 0 Å². The third kappa shape index (κ3) is 3.47. The van der Waals surface area contributed by atoms with E-state index in [9.17, 15) is 0 Å². The van der Waals surface area contributed by atoms with E-state index in [1.165, 1.54) is 11.3 Å². The molecule has 0 aliphatic heterocycles. The molecule has 0 spiro atoms. The van der Waals surface area contributed by atoms with E-state index < -0.39 is 0 Å². The maximum atomic E-state index is 4.27. The van der Waals surface area contributed by atoms with Gasteiger partial charge in [0.25, 0.3) is 0 Å². The molecule has 0 radical (unpaired) electrons. The number of nitrogens with one attached hydrogen (secondary N) is 1. The molecule has 0 unspecified atom stereocenters. The van der Waals surface area contributed by atoms with Gasteiger partial charge in [-0.2, -0.15) is 0 Å². The van der Waals surface area contributed by atoms with E-state index in [1.807, 2.05) is 13.2 Å². The summed E-state index contributed by atoms with van der Waals surface area (Å²) in [4.78, 5) is 6.64. The molecule has 3 nitrogen and oxygen atoms in total. The lowest BCUT2D eigenvalue weighted by molar-refractivity contribution is 0.682. The van der Waals surface area contributed by atoms with Gasteiger partial charge in [-0.1, -0.05) is 30.3 Å². The minimum absolute atomic E-state index is 0.437. The van der Waals surface area contributed by atoms with Crippen LogP contribution in [-0.4, -0.2) is 18.1 Å². The second kappa shape index (κ2) is 6.23. The van der Waals surface area contributed by atoms with Crippen LogP contribution in [0.15, 0.2) is 48.7 Å². The average molecular weight is 255 g/mol. The summed E-state index contributed by atoms with van der Waals surface area (Å²) in [5.41, 5.74) is 2.51. The smallest absolute Gasteiger partial charge is 0.127 e. The van der Waals surface area contributed by atoms with Crippen molar-refractivity contribution in [3.63, 3.8) is 0 Å². The van der Waals surface area contributed by atoms with Gasteiger partial charge >= 0.3 is 0 Å². The first-order valence-electron chi connectivity index (χ1n) is 6.65. The molecular formula is C16H21N3. The molecular weight excluding hydrogens is 234 g/mol. The molecule has 0 bridgehead atoms. The minimum atomic E-state index is 0.437. The molecule has 0 atom stereocenters. The largest absolute Gasteiger partial charge is 0.373 e. The maximum Gasteiger partial charge on any atom is 0.127 e. The lowest BCUT2D eigenvalue weighted by Gasteiger charge is -2.29. The lowest BCUT2D eigenvalue weighted by Crippen LogP contribution is -2.30. The Morgan fingerprint density at radius 1 is 1.16 bits per heavy atom. The van der Waals surface area contributed by atoms with Crippen LogP contribution in [0.5, 0.6) is 0 Å². The van der Waals surface area contributed by atoms with Gasteiger partial charge in [-0.3, -0.25) is 0 Å². The van der Waals surface area contributed by atoms with Gasteiger partial charge in [0.1, 0.15) is 5.82 Å². The third-order valence-corrected chi connectivity index (χ3v) is 3.15. The Bertz CT molecular complexity index is 508. The van der Waals surface area contributed by atoms with Crippen LogP contribution < -0.4 is 10.2 Å². The summed E-state index contributed by atoms with van der Waals surface area (Å²) in [6.45, 7) is 5.33. The molecule has 0 fully saturated rings. The molecule has 0 aliphatic carbocycles. The first-order chi connectivity index (χ1) is 9.20. The summed E-state index contributed by atoms with van der Waals surface area (Å²) in [7, 11) is 1.89. The van der Waals surface area contributed by atoms with Crippen molar-refractivity contribution in [2.75, 3.05) is 17.3 Å². The minimum Gasteiger partial charge on any atom is -0.373 e. The summed E-state index contributed by atoms with van der Waals surface area (Å²) in [6.07, 6.45) is 1.85. The first-order valence-corrected chi connectivity index (χ1v) is 6.65. The highest BCUT2D eigenvalue weighted by molar-refractivity contribution is 5.54. The van der Waals surface area contributed by atoms with Crippen molar-refractivity contribution >= 4 is 11.5 Å². The summed E-state index contributed by atoms with van der Waals surface area (Å²) in [5.74, 6) is 0.899. The summed E-state index contributed by atoms with van der Waals surface area (Å²) in [6, 6.07) is 15.1. The molecule has 1 aromatic heterocycles. The normalized spacial score (nSPS) is 10.5. The van der Waals surface area contributed by atoms with E-state index in [1.54, 1.807) is 0 Å². The number of aromatic nitrogens is 1. The van der Waals surface area contributed by atoms with Crippen molar-refractivity contribution in [3.05, 3.63) is 54.2 Å². The fraction of sp³-hybridized carbons (Fsp3) is 0.312. The zero-order valence-electron chi connectivity index (χ0n) is 11.8. The van der Waals surface area contributed by atoms with E-state index in [2.05, 4.69) is 71.5 Å². The number of hydrogen-bond donors (Lipinski definition) is 1. The highest BCUT2D eigenvalue weighted by Gasteiger charge is 2.11. The SMILES string of the molecule is CNc1cc(N(Cc2ccccc2)C(C)C)ccn1. The number of anilines is 2. The Kier molecular flexibility index (Phi) is 4.39. The second-order valence-electron chi connectivity index (χ2n) is 4.86. The number of nitrogens with zero attached hydrogens (tertiary/aromatic N) is 2. The highest BCUT2D eigenvalue weighted by Crippen LogP contribution is 2.21. The Morgan fingerprint density at radius 2 is 1.89 bits per heavy atom. The molecule has 19 heavy (non-hydrogen) atoms. The Hall–Kier alpha value is -2.03. The molecule has 100 valence electrons. The molecule has 1 aromatic carbocycles. The van der Waals surface area contributed by atoms with Crippen LogP contribution in [0, 0.1) is 0 Å². The maximum absolute atomic E-state index is 4.27. The standard InChI is InChI=1S/C16H21N3/c1-13(2)19(12-14-7-5-4-6-8-14)15-9-10-18-16(11-15)17-3/h4-11,13H,12H2,1-3H3,(H,17,18). The lowest BCUT2D eigenvalue weighted by atomic mass is 10.1. The van der Waals surface area contributed by atoms with E-state index in [-0.39, 0.29) is 0 Å². The Morgan fingerprint density at radius 3 is 2.53 bits per heavy atom.